The van der Waals surface area contributed by atoms with E-state index in [2.05, 4.69) is 21.2 Å². The molecule has 0 bridgehead atoms. The summed E-state index contributed by atoms with van der Waals surface area (Å²) in [5.41, 5.74) is 1.06. The lowest BCUT2D eigenvalue weighted by Crippen LogP contribution is -2.21. The third kappa shape index (κ3) is 6.07. The molecule has 1 rings (SSSR count). The average molecular weight is 310 g/mol. The van der Waals surface area contributed by atoms with Gasteiger partial charge in [-0.3, -0.25) is 0 Å². The minimum atomic E-state index is -4.05. The largest absolute Gasteiger partial charge is 0.389 e. The monoisotopic (exact) mass is 309 g/mol. The van der Waals surface area contributed by atoms with Crippen LogP contribution in [0.4, 0.5) is 13.2 Å². The summed E-state index contributed by atoms with van der Waals surface area (Å²) in [6.07, 6.45) is -4.67. The number of halogens is 4. The summed E-state index contributed by atoms with van der Waals surface area (Å²) in [7, 11) is 0. The molecule has 1 nitrogen and oxygen atoms in total. The molecule has 0 saturated carbocycles. The van der Waals surface area contributed by atoms with Gasteiger partial charge in [-0.1, -0.05) is 28.1 Å². The second kappa shape index (κ2) is 6.40. The second-order valence-electron chi connectivity index (χ2n) is 3.95. The highest BCUT2D eigenvalue weighted by molar-refractivity contribution is 9.10. The third-order valence-corrected chi connectivity index (χ3v) is 2.93. The number of alkyl halides is 3. The fraction of sp³-hybridized carbons (Fsp3) is 0.500. The number of hydrogen-bond donors (Lipinski definition) is 1. The van der Waals surface area contributed by atoms with Crippen molar-refractivity contribution in [3.8, 4) is 0 Å². The number of rotatable bonds is 5. The first-order chi connectivity index (χ1) is 7.88. The smallest absolute Gasteiger partial charge is 0.310 e. The number of nitrogens with one attached hydrogen (secondary N) is 1. The highest BCUT2D eigenvalue weighted by atomic mass is 79.9. The Morgan fingerprint density at radius 1 is 1.35 bits per heavy atom. The Bertz CT molecular complexity index is 352. The third-order valence-electron chi connectivity index (χ3n) is 2.44. The van der Waals surface area contributed by atoms with E-state index < -0.39 is 12.6 Å². The second-order valence-corrected chi connectivity index (χ2v) is 4.87. The van der Waals surface area contributed by atoms with E-state index in [-0.39, 0.29) is 12.5 Å². The van der Waals surface area contributed by atoms with Crippen LogP contribution in [0.15, 0.2) is 28.7 Å². The maximum atomic E-state index is 11.9. The van der Waals surface area contributed by atoms with Crippen molar-refractivity contribution in [2.75, 3.05) is 6.54 Å². The molecule has 0 aromatic heterocycles. The lowest BCUT2D eigenvalue weighted by molar-refractivity contribution is -0.135. The Kier molecular flexibility index (Phi) is 5.46. The molecule has 17 heavy (non-hydrogen) atoms. The van der Waals surface area contributed by atoms with E-state index >= 15 is 0 Å². The van der Waals surface area contributed by atoms with E-state index in [1.54, 1.807) is 0 Å². The molecule has 0 amide bonds. The summed E-state index contributed by atoms with van der Waals surface area (Å²) in [6.45, 7) is 2.31. The molecule has 0 spiro atoms. The van der Waals surface area contributed by atoms with Gasteiger partial charge in [-0.25, -0.2) is 0 Å². The maximum Gasteiger partial charge on any atom is 0.389 e. The zero-order valence-corrected chi connectivity index (χ0v) is 11.1. The van der Waals surface area contributed by atoms with Crippen LogP contribution in [0.5, 0.6) is 0 Å². The zero-order chi connectivity index (χ0) is 12.9. The van der Waals surface area contributed by atoms with Crippen LogP contribution in [0.3, 0.4) is 0 Å². The molecule has 1 atom stereocenters. The van der Waals surface area contributed by atoms with Crippen LogP contribution in [-0.4, -0.2) is 12.7 Å². The van der Waals surface area contributed by atoms with E-state index in [9.17, 15) is 13.2 Å². The molecule has 0 unspecified atom stereocenters. The Morgan fingerprint density at radius 2 is 2.06 bits per heavy atom. The van der Waals surface area contributed by atoms with Crippen molar-refractivity contribution in [3.63, 3.8) is 0 Å². The summed E-state index contributed by atoms with van der Waals surface area (Å²) in [5.74, 6) is 0. The Labute approximate surface area is 108 Å². The highest BCUT2D eigenvalue weighted by Gasteiger charge is 2.25. The topological polar surface area (TPSA) is 12.0 Å². The SMILES string of the molecule is C[C@@H](NCCCC(F)(F)F)c1cccc(Br)c1. The van der Waals surface area contributed by atoms with Crippen molar-refractivity contribution in [3.05, 3.63) is 34.3 Å². The van der Waals surface area contributed by atoms with Gasteiger partial charge in [-0.2, -0.15) is 13.2 Å². The maximum absolute atomic E-state index is 11.9. The van der Waals surface area contributed by atoms with Gasteiger partial charge in [0.2, 0.25) is 0 Å². The first-order valence-electron chi connectivity index (χ1n) is 5.44. The van der Waals surface area contributed by atoms with Crippen molar-refractivity contribution in [2.24, 2.45) is 0 Å². The first-order valence-corrected chi connectivity index (χ1v) is 6.23. The predicted octanol–water partition coefficient (Wildman–Crippen LogP) is 4.44. The highest BCUT2D eigenvalue weighted by Crippen LogP contribution is 2.21. The van der Waals surface area contributed by atoms with E-state index in [1.165, 1.54) is 0 Å². The minimum absolute atomic E-state index is 0.0562. The van der Waals surface area contributed by atoms with Crippen molar-refractivity contribution < 1.29 is 13.2 Å². The lowest BCUT2D eigenvalue weighted by atomic mass is 10.1. The molecule has 1 N–H and O–H groups in total. The Balaban J connectivity index is 2.33. The van der Waals surface area contributed by atoms with Crippen molar-refractivity contribution in [1.29, 1.82) is 0 Å². The van der Waals surface area contributed by atoms with E-state index in [4.69, 9.17) is 0 Å². The van der Waals surface area contributed by atoms with Crippen LogP contribution in [0.25, 0.3) is 0 Å². The summed E-state index contributed by atoms with van der Waals surface area (Å²) in [6, 6.07) is 7.79. The van der Waals surface area contributed by atoms with Crippen LogP contribution in [0, 0.1) is 0 Å². The quantitative estimate of drug-likeness (QED) is 0.793. The van der Waals surface area contributed by atoms with Gasteiger partial charge in [-0.15, -0.1) is 0 Å². The molecule has 0 radical (unpaired) electrons. The minimum Gasteiger partial charge on any atom is -0.310 e. The lowest BCUT2D eigenvalue weighted by Gasteiger charge is -2.15. The van der Waals surface area contributed by atoms with Gasteiger partial charge in [0, 0.05) is 16.9 Å². The van der Waals surface area contributed by atoms with Crippen LogP contribution in [-0.2, 0) is 0 Å². The fourth-order valence-corrected chi connectivity index (χ4v) is 1.92. The van der Waals surface area contributed by atoms with Gasteiger partial charge < -0.3 is 5.32 Å². The van der Waals surface area contributed by atoms with E-state index in [0.717, 1.165) is 10.0 Å². The van der Waals surface area contributed by atoms with Gasteiger partial charge in [0.05, 0.1) is 0 Å². The van der Waals surface area contributed by atoms with Gasteiger partial charge in [0.25, 0.3) is 0 Å². The summed E-state index contributed by atoms with van der Waals surface area (Å²) < 4.78 is 36.7. The summed E-state index contributed by atoms with van der Waals surface area (Å²) in [5, 5.41) is 3.08. The van der Waals surface area contributed by atoms with Crippen molar-refractivity contribution >= 4 is 15.9 Å². The van der Waals surface area contributed by atoms with Gasteiger partial charge in [0.1, 0.15) is 0 Å². The molecule has 1 aromatic carbocycles. The molecule has 5 heteroatoms. The molecule has 1 aromatic rings. The van der Waals surface area contributed by atoms with Gasteiger partial charge in [0.15, 0.2) is 0 Å². The zero-order valence-electron chi connectivity index (χ0n) is 9.52. The molecule has 0 aliphatic rings. The molecule has 0 aliphatic carbocycles. The van der Waals surface area contributed by atoms with Crippen LogP contribution < -0.4 is 5.32 Å². The Hall–Kier alpha value is -0.550. The van der Waals surface area contributed by atoms with E-state index in [0.29, 0.717) is 6.54 Å². The van der Waals surface area contributed by atoms with Crippen LogP contribution >= 0.6 is 15.9 Å². The van der Waals surface area contributed by atoms with Gasteiger partial charge >= 0.3 is 6.18 Å². The average Bonchev–Trinajstić information content (AvgIpc) is 2.23. The van der Waals surface area contributed by atoms with E-state index in [1.807, 2.05) is 31.2 Å². The van der Waals surface area contributed by atoms with Crippen molar-refractivity contribution in [1.82, 2.24) is 5.32 Å². The summed E-state index contributed by atoms with van der Waals surface area (Å²) >= 11 is 3.36. The molecule has 0 saturated heterocycles. The predicted molar refractivity (Wildman–Crippen MR) is 65.8 cm³/mol. The molecule has 0 heterocycles. The summed E-state index contributed by atoms with van der Waals surface area (Å²) in [4.78, 5) is 0. The Morgan fingerprint density at radius 3 is 2.65 bits per heavy atom. The fourth-order valence-electron chi connectivity index (χ4n) is 1.50. The van der Waals surface area contributed by atoms with Crippen LogP contribution in [0.2, 0.25) is 0 Å². The first kappa shape index (κ1) is 14.5. The standard InChI is InChI=1S/C12H15BrF3N/c1-9(10-4-2-5-11(13)8-10)17-7-3-6-12(14,15)16/h2,4-5,8-9,17H,3,6-7H2,1H3/t9-/m1/s1. The molecule has 0 aliphatic heterocycles. The van der Waals surface area contributed by atoms with Crippen molar-refractivity contribution in [2.45, 2.75) is 32.0 Å². The number of hydrogen-bond acceptors (Lipinski definition) is 1. The van der Waals surface area contributed by atoms with Gasteiger partial charge in [-0.05, 0) is 37.6 Å². The molecule has 96 valence electrons. The molecular weight excluding hydrogens is 295 g/mol. The van der Waals surface area contributed by atoms with Crippen LogP contribution in [0.1, 0.15) is 31.4 Å². The number of benzene rings is 1. The molecular formula is C12H15BrF3N. The normalized spacial score (nSPS) is 13.7. The molecule has 0 fully saturated rings.